The summed E-state index contributed by atoms with van der Waals surface area (Å²) in [5.41, 5.74) is 0. The Morgan fingerprint density at radius 1 is 1.31 bits per heavy atom. The van der Waals surface area contributed by atoms with Crippen LogP contribution in [0.25, 0.3) is 0 Å². The molecule has 0 fully saturated rings. The lowest BCUT2D eigenvalue weighted by atomic mass is 10.1. The Kier molecular flexibility index (Phi) is 6.23. The summed E-state index contributed by atoms with van der Waals surface area (Å²) in [6, 6.07) is -1.31. The number of hydrogen-bond donors (Lipinski definition) is 6. The SMILES string of the molecule is CCC(C)C(=O)NC(CS(O)(O)O)C(O)O. The summed E-state index contributed by atoms with van der Waals surface area (Å²) in [5, 5.41) is 20.0. The van der Waals surface area contributed by atoms with Crippen molar-refractivity contribution in [3.05, 3.63) is 0 Å². The zero-order valence-corrected chi connectivity index (χ0v) is 10.0. The van der Waals surface area contributed by atoms with E-state index in [0.29, 0.717) is 6.42 Å². The summed E-state index contributed by atoms with van der Waals surface area (Å²) in [5.74, 6) is -1.49. The molecule has 2 atom stereocenters. The molecule has 0 heterocycles. The molecule has 0 radical (unpaired) electrons. The number of hydrogen-bond acceptors (Lipinski definition) is 6. The van der Waals surface area contributed by atoms with E-state index in [0.717, 1.165) is 0 Å². The summed E-state index contributed by atoms with van der Waals surface area (Å²) in [7, 11) is -3.88. The maximum atomic E-state index is 11.4. The van der Waals surface area contributed by atoms with Crippen molar-refractivity contribution in [2.24, 2.45) is 5.92 Å². The highest BCUT2D eigenvalue weighted by molar-refractivity contribution is 8.19. The lowest BCUT2D eigenvalue weighted by Gasteiger charge is -2.28. The maximum absolute atomic E-state index is 11.4. The van der Waals surface area contributed by atoms with Crippen LogP contribution < -0.4 is 5.32 Å². The Hall–Kier alpha value is -0.380. The van der Waals surface area contributed by atoms with Crippen LogP contribution in [0.15, 0.2) is 0 Å². The molecule has 0 aromatic carbocycles. The van der Waals surface area contributed by atoms with Crippen LogP contribution >= 0.6 is 10.9 Å². The van der Waals surface area contributed by atoms with E-state index in [1.165, 1.54) is 0 Å². The van der Waals surface area contributed by atoms with Gasteiger partial charge in [0, 0.05) is 5.92 Å². The second kappa shape index (κ2) is 6.38. The number of aliphatic hydroxyl groups is 2. The second-order valence-corrected chi connectivity index (χ2v) is 5.23. The van der Waals surface area contributed by atoms with Crippen LogP contribution in [0, 0.1) is 5.92 Å². The molecule has 1 amide bonds. The topological polar surface area (TPSA) is 130 Å². The first-order valence-corrected chi connectivity index (χ1v) is 6.49. The minimum Gasteiger partial charge on any atom is -0.366 e. The third-order valence-corrected chi connectivity index (χ3v) is 2.96. The molecule has 98 valence electrons. The fraction of sp³-hybridized carbons (Fsp3) is 0.875. The zero-order chi connectivity index (χ0) is 12.9. The molecule has 6 N–H and O–H groups in total. The highest BCUT2D eigenvalue weighted by Gasteiger charge is 2.28. The Morgan fingerprint density at radius 3 is 2.12 bits per heavy atom. The molecule has 0 aromatic heterocycles. The van der Waals surface area contributed by atoms with E-state index in [1.54, 1.807) is 13.8 Å². The first-order valence-electron chi connectivity index (χ1n) is 4.82. The van der Waals surface area contributed by atoms with Gasteiger partial charge in [0.1, 0.15) is 0 Å². The van der Waals surface area contributed by atoms with Gasteiger partial charge in [-0.05, 0) is 6.42 Å². The summed E-state index contributed by atoms with van der Waals surface area (Å²) >= 11 is 0. The van der Waals surface area contributed by atoms with Crippen molar-refractivity contribution < 1.29 is 28.7 Å². The average Bonchev–Trinajstić information content (AvgIpc) is 2.13. The minimum absolute atomic E-state index is 0.332. The largest absolute Gasteiger partial charge is 0.366 e. The van der Waals surface area contributed by atoms with Crippen molar-refractivity contribution in [2.75, 3.05) is 5.75 Å². The Morgan fingerprint density at radius 2 is 1.81 bits per heavy atom. The molecule has 0 aliphatic carbocycles. The van der Waals surface area contributed by atoms with Gasteiger partial charge in [0.15, 0.2) is 6.29 Å². The number of aliphatic hydroxyl groups excluding tert-OH is 1. The van der Waals surface area contributed by atoms with Gasteiger partial charge >= 0.3 is 0 Å². The summed E-state index contributed by atoms with van der Waals surface area (Å²) in [6.45, 7) is 3.43. The monoisotopic (exact) mass is 257 g/mol. The van der Waals surface area contributed by atoms with Crippen LogP contribution in [0.3, 0.4) is 0 Å². The van der Waals surface area contributed by atoms with Crippen molar-refractivity contribution >= 4 is 16.8 Å². The highest BCUT2D eigenvalue weighted by atomic mass is 32.3. The van der Waals surface area contributed by atoms with Gasteiger partial charge in [0.2, 0.25) is 5.91 Å². The van der Waals surface area contributed by atoms with E-state index in [2.05, 4.69) is 5.32 Å². The molecule has 0 aliphatic rings. The summed E-state index contributed by atoms with van der Waals surface area (Å²) in [4.78, 5) is 11.4. The maximum Gasteiger partial charge on any atom is 0.223 e. The quantitative estimate of drug-likeness (QED) is 0.373. The number of nitrogens with one attached hydrogen (secondary N) is 1. The van der Waals surface area contributed by atoms with Crippen molar-refractivity contribution in [1.29, 1.82) is 0 Å². The van der Waals surface area contributed by atoms with E-state index in [1.807, 2.05) is 0 Å². The molecule has 16 heavy (non-hydrogen) atoms. The predicted octanol–water partition coefficient (Wildman–Crippen LogP) is 0.0516. The molecule has 7 nitrogen and oxygen atoms in total. The van der Waals surface area contributed by atoms with Crippen molar-refractivity contribution in [2.45, 2.75) is 32.6 Å². The van der Waals surface area contributed by atoms with Gasteiger partial charge in [0.05, 0.1) is 22.7 Å². The van der Waals surface area contributed by atoms with Crippen molar-refractivity contribution in [3.63, 3.8) is 0 Å². The molecule has 2 unspecified atom stereocenters. The third-order valence-electron chi connectivity index (χ3n) is 2.15. The van der Waals surface area contributed by atoms with E-state index in [9.17, 15) is 4.79 Å². The molecular formula is C8H19NO6S. The van der Waals surface area contributed by atoms with Gasteiger partial charge in [0.25, 0.3) is 0 Å². The number of amides is 1. The molecule has 0 saturated heterocycles. The number of rotatable bonds is 6. The van der Waals surface area contributed by atoms with Gasteiger partial charge in [-0.25, -0.2) is 0 Å². The summed E-state index contributed by atoms with van der Waals surface area (Å²) in [6.07, 6.45) is -1.40. The second-order valence-electron chi connectivity index (χ2n) is 3.64. The Balaban J connectivity index is 4.41. The van der Waals surface area contributed by atoms with Gasteiger partial charge in [-0.15, -0.1) is 0 Å². The van der Waals surface area contributed by atoms with E-state index in [4.69, 9.17) is 23.9 Å². The van der Waals surface area contributed by atoms with E-state index >= 15 is 0 Å². The highest BCUT2D eigenvalue weighted by Crippen LogP contribution is 2.33. The molecule has 0 aromatic rings. The molecule has 0 spiro atoms. The zero-order valence-electron chi connectivity index (χ0n) is 9.20. The minimum atomic E-state index is -3.88. The molecule has 0 rings (SSSR count). The normalized spacial score (nSPS) is 17.0. The van der Waals surface area contributed by atoms with E-state index in [-0.39, 0.29) is 5.92 Å². The van der Waals surface area contributed by atoms with Crippen molar-refractivity contribution in [3.8, 4) is 0 Å². The van der Waals surface area contributed by atoms with Crippen LogP contribution in [-0.2, 0) is 4.79 Å². The van der Waals surface area contributed by atoms with Gasteiger partial charge in [-0.2, -0.15) is 0 Å². The number of carbonyl (C=O) groups is 1. The van der Waals surface area contributed by atoms with Gasteiger partial charge in [-0.3, -0.25) is 4.79 Å². The third kappa shape index (κ3) is 6.26. The molecule has 8 heteroatoms. The fourth-order valence-corrected chi connectivity index (χ4v) is 1.69. The van der Waals surface area contributed by atoms with Crippen molar-refractivity contribution in [1.82, 2.24) is 5.32 Å². The molecule has 0 bridgehead atoms. The lowest BCUT2D eigenvalue weighted by molar-refractivity contribution is -0.129. The standard InChI is InChI=1S/C8H19NO6S/c1-3-5(2)7(10)9-6(8(11)12)4-16(13,14)15/h5-6,8,11-15H,3-4H2,1-2H3,(H,9,10). The van der Waals surface area contributed by atoms with Crippen LogP contribution in [-0.4, -0.2) is 47.9 Å². The van der Waals surface area contributed by atoms with Crippen LogP contribution in [0.1, 0.15) is 20.3 Å². The lowest BCUT2D eigenvalue weighted by Crippen LogP contribution is -2.48. The predicted molar refractivity (Wildman–Crippen MR) is 60.0 cm³/mol. The first kappa shape index (κ1) is 15.6. The fourth-order valence-electron chi connectivity index (χ4n) is 0.954. The molecular weight excluding hydrogens is 238 g/mol. The smallest absolute Gasteiger partial charge is 0.223 e. The van der Waals surface area contributed by atoms with Crippen LogP contribution in [0.5, 0.6) is 0 Å². The van der Waals surface area contributed by atoms with Crippen LogP contribution in [0.2, 0.25) is 0 Å². The average molecular weight is 257 g/mol. The first-order chi connectivity index (χ1) is 7.17. The Bertz CT molecular complexity index is 229. The molecule has 0 saturated carbocycles. The Labute approximate surface area is 95.7 Å². The number of carbonyl (C=O) groups excluding carboxylic acids is 1. The van der Waals surface area contributed by atoms with Gasteiger partial charge in [-0.1, -0.05) is 13.8 Å². The summed E-state index contributed by atoms with van der Waals surface area (Å²) < 4.78 is 26.3. The van der Waals surface area contributed by atoms with Crippen LogP contribution in [0.4, 0.5) is 0 Å². The van der Waals surface area contributed by atoms with Gasteiger partial charge < -0.3 is 29.2 Å². The molecule has 0 aliphatic heterocycles. The van der Waals surface area contributed by atoms with E-state index < -0.39 is 34.9 Å².